The second-order valence-electron chi connectivity index (χ2n) is 6.58. The van der Waals surface area contributed by atoms with Crippen molar-refractivity contribution in [3.05, 3.63) is 34.9 Å². The van der Waals surface area contributed by atoms with Gasteiger partial charge in [0, 0.05) is 31.0 Å². The Labute approximate surface area is 142 Å². The van der Waals surface area contributed by atoms with Crippen LogP contribution in [-0.4, -0.2) is 29.8 Å². The lowest BCUT2D eigenvalue weighted by Crippen LogP contribution is -2.38. The van der Waals surface area contributed by atoms with E-state index in [0.29, 0.717) is 24.4 Å². The number of amides is 2. The van der Waals surface area contributed by atoms with E-state index in [1.165, 1.54) is 0 Å². The number of benzene rings is 1. The highest BCUT2D eigenvalue weighted by Crippen LogP contribution is 2.45. The first kappa shape index (κ1) is 16.3. The van der Waals surface area contributed by atoms with Crippen LogP contribution in [0.4, 0.5) is 0 Å². The standard InChI is InChI=1S/C18H23ClN2O2/c19-15-7-5-14(6-8-15)18(10-11-18)20-16(22)9-13-21-12-3-1-2-4-17(21)23/h5-8H,1-4,9-13H2,(H,20,22). The number of hydrogen-bond donors (Lipinski definition) is 1. The molecular formula is C18H23ClN2O2. The van der Waals surface area contributed by atoms with E-state index in [-0.39, 0.29) is 17.4 Å². The number of halogens is 1. The van der Waals surface area contributed by atoms with Crippen molar-refractivity contribution in [2.75, 3.05) is 13.1 Å². The molecule has 1 aliphatic heterocycles. The Hall–Kier alpha value is -1.55. The van der Waals surface area contributed by atoms with Crippen LogP contribution < -0.4 is 5.32 Å². The van der Waals surface area contributed by atoms with Gasteiger partial charge in [0.15, 0.2) is 0 Å². The van der Waals surface area contributed by atoms with E-state index >= 15 is 0 Å². The topological polar surface area (TPSA) is 49.4 Å². The Bertz CT molecular complexity index is 581. The average molecular weight is 335 g/mol. The minimum atomic E-state index is -0.218. The second kappa shape index (κ2) is 6.91. The molecule has 1 aromatic rings. The molecule has 2 amide bonds. The maximum atomic E-state index is 12.3. The zero-order valence-electron chi connectivity index (χ0n) is 13.3. The van der Waals surface area contributed by atoms with Gasteiger partial charge in [0.05, 0.1) is 5.54 Å². The van der Waals surface area contributed by atoms with Crippen LogP contribution in [0.3, 0.4) is 0 Å². The van der Waals surface area contributed by atoms with Crippen LogP contribution in [0.1, 0.15) is 50.5 Å². The number of carbonyl (C=O) groups excluding carboxylic acids is 2. The summed E-state index contributed by atoms with van der Waals surface area (Å²) in [7, 11) is 0. The van der Waals surface area contributed by atoms with Crippen LogP contribution in [0.2, 0.25) is 5.02 Å². The van der Waals surface area contributed by atoms with E-state index in [9.17, 15) is 9.59 Å². The van der Waals surface area contributed by atoms with Crippen molar-refractivity contribution >= 4 is 23.4 Å². The molecule has 4 nitrogen and oxygen atoms in total. The highest BCUT2D eigenvalue weighted by Gasteiger charge is 2.45. The summed E-state index contributed by atoms with van der Waals surface area (Å²) < 4.78 is 0. The minimum Gasteiger partial charge on any atom is -0.347 e. The van der Waals surface area contributed by atoms with Gasteiger partial charge in [-0.05, 0) is 43.4 Å². The molecule has 0 aromatic heterocycles. The molecule has 1 saturated heterocycles. The summed E-state index contributed by atoms with van der Waals surface area (Å²) in [5.74, 6) is 0.212. The van der Waals surface area contributed by atoms with Gasteiger partial charge in [0.25, 0.3) is 0 Å². The maximum Gasteiger partial charge on any atom is 0.222 e. The van der Waals surface area contributed by atoms with Crippen molar-refractivity contribution in [3.63, 3.8) is 0 Å². The molecule has 0 spiro atoms. The monoisotopic (exact) mass is 334 g/mol. The van der Waals surface area contributed by atoms with Crippen LogP contribution in [0.15, 0.2) is 24.3 Å². The maximum absolute atomic E-state index is 12.3. The van der Waals surface area contributed by atoms with E-state index in [4.69, 9.17) is 11.6 Å². The largest absolute Gasteiger partial charge is 0.347 e. The summed E-state index contributed by atoms with van der Waals surface area (Å²) in [6.07, 6.45) is 6.04. The number of likely N-dealkylation sites (tertiary alicyclic amines) is 1. The Morgan fingerprint density at radius 2 is 1.91 bits per heavy atom. The summed E-state index contributed by atoms with van der Waals surface area (Å²) >= 11 is 5.93. The third kappa shape index (κ3) is 4.05. The molecule has 0 radical (unpaired) electrons. The van der Waals surface area contributed by atoms with Crippen LogP contribution in [0.25, 0.3) is 0 Å². The first-order valence-electron chi connectivity index (χ1n) is 8.44. The molecule has 2 aliphatic rings. The van der Waals surface area contributed by atoms with Crippen molar-refractivity contribution in [3.8, 4) is 0 Å². The molecule has 124 valence electrons. The fraction of sp³-hybridized carbons (Fsp3) is 0.556. The third-order valence-corrected chi connectivity index (χ3v) is 5.06. The molecule has 1 N–H and O–H groups in total. The van der Waals surface area contributed by atoms with Gasteiger partial charge in [-0.2, -0.15) is 0 Å². The zero-order chi connectivity index (χ0) is 16.3. The summed E-state index contributed by atoms with van der Waals surface area (Å²) in [6, 6.07) is 7.68. The van der Waals surface area contributed by atoms with E-state index < -0.39 is 0 Å². The van der Waals surface area contributed by atoms with Gasteiger partial charge in [-0.1, -0.05) is 30.2 Å². The first-order chi connectivity index (χ1) is 11.1. The van der Waals surface area contributed by atoms with Crippen molar-refractivity contribution < 1.29 is 9.59 Å². The zero-order valence-corrected chi connectivity index (χ0v) is 14.1. The van der Waals surface area contributed by atoms with Crippen LogP contribution in [-0.2, 0) is 15.1 Å². The van der Waals surface area contributed by atoms with Gasteiger partial charge in [0.1, 0.15) is 0 Å². The lowest BCUT2D eigenvalue weighted by atomic mass is 10.0. The quantitative estimate of drug-likeness (QED) is 0.898. The summed E-state index contributed by atoms with van der Waals surface area (Å²) in [5.41, 5.74) is 0.894. The van der Waals surface area contributed by atoms with Crippen molar-refractivity contribution in [1.82, 2.24) is 10.2 Å². The van der Waals surface area contributed by atoms with Crippen molar-refractivity contribution in [2.24, 2.45) is 0 Å². The molecule has 0 unspecified atom stereocenters. The molecule has 0 bridgehead atoms. The van der Waals surface area contributed by atoms with Gasteiger partial charge in [-0.15, -0.1) is 0 Å². The third-order valence-electron chi connectivity index (χ3n) is 4.81. The van der Waals surface area contributed by atoms with Gasteiger partial charge in [0.2, 0.25) is 11.8 Å². The molecule has 1 aromatic carbocycles. The fourth-order valence-electron chi connectivity index (χ4n) is 3.22. The van der Waals surface area contributed by atoms with Gasteiger partial charge >= 0.3 is 0 Å². The smallest absolute Gasteiger partial charge is 0.222 e. The predicted molar refractivity (Wildman–Crippen MR) is 90.2 cm³/mol. The SMILES string of the molecule is O=C(CCN1CCCCCC1=O)NC1(c2ccc(Cl)cc2)CC1. The predicted octanol–water partition coefficient (Wildman–Crippen LogP) is 3.24. The Morgan fingerprint density at radius 3 is 2.61 bits per heavy atom. The van der Waals surface area contributed by atoms with Crippen molar-refractivity contribution in [2.45, 2.75) is 50.5 Å². The van der Waals surface area contributed by atoms with Gasteiger partial charge < -0.3 is 10.2 Å². The van der Waals surface area contributed by atoms with E-state index in [0.717, 1.165) is 44.2 Å². The molecule has 2 fully saturated rings. The summed E-state index contributed by atoms with van der Waals surface area (Å²) in [6.45, 7) is 1.32. The van der Waals surface area contributed by atoms with E-state index in [1.807, 2.05) is 29.2 Å². The number of nitrogens with one attached hydrogen (secondary N) is 1. The lowest BCUT2D eigenvalue weighted by Gasteiger charge is -2.22. The number of rotatable bonds is 5. The van der Waals surface area contributed by atoms with Crippen LogP contribution in [0.5, 0.6) is 0 Å². The minimum absolute atomic E-state index is 0.0227. The van der Waals surface area contributed by atoms with Crippen LogP contribution in [0, 0.1) is 0 Å². The van der Waals surface area contributed by atoms with Crippen molar-refractivity contribution in [1.29, 1.82) is 0 Å². The van der Waals surface area contributed by atoms with Gasteiger partial charge in [-0.25, -0.2) is 0 Å². The Kier molecular flexibility index (Phi) is 4.90. The van der Waals surface area contributed by atoms with E-state index in [1.54, 1.807) is 0 Å². The van der Waals surface area contributed by atoms with Crippen LogP contribution >= 0.6 is 11.6 Å². The first-order valence-corrected chi connectivity index (χ1v) is 8.82. The van der Waals surface area contributed by atoms with E-state index in [2.05, 4.69) is 5.32 Å². The molecule has 23 heavy (non-hydrogen) atoms. The second-order valence-corrected chi connectivity index (χ2v) is 7.02. The number of carbonyl (C=O) groups is 2. The molecular weight excluding hydrogens is 312 g/mol. The highest BCUT2D eigenvalue weighted by molar-refractivity contribution is 6.30. The fourth-order valence-corrected chi connectivity index (χ4v) is 3.35. The molecule has 1 aliphatic carbocycles. The highest BCUT2D eigenvalue weighted by atomic mass is 35.5. The molecule has 3 rings (SSSR count). The average Bonchev–Trinajstić information content (AvgIpc) is 3.32. The molecule has 5 heteroatoms. The summed E-state index contributed by atoms with van der Waals surface area (Å²) in [4.78, 5) is 26.1. The molecule has 1 saturated carbocycles. The normalized spacial score (nSPS) is 20.0. The Morgan fingerprint density at radius 1 is 1.17 bits per heavy atom. The molecule has 1 heterocycles. The Balaban J connectivity index is 1.53. The molecule has 0 atom stereocenters. The van der Waals surface area contributed by atoms with Gasteiger partial charge in [-0.3, -0.25) is 9.59 Å². The lowest BCUT2D eigenvalue weighted by molar-refractivity contribution is -0.131. The number of nitrogens with zero attached hydrogens (tertiary/aromatic N) is 1. The number of hydrogen-bond acceptors (Lipinski definition) is 2. The summed E-state index contributed by atoms with van der Waals surface area (Å²) in [5, 5.41) is 3.86.